The Balaban J connectivity index is 1.58. The molecule has 7 heteroatoms. The molecule has 28 heavy (non-hydrogen) atoms. The van der Waals surface area contributed by atoms with Gasteiger partial charge in [0.2, 0.25) is 0 Å². The first-order chi connectivity index (χ1) is 13.5. The summed E-state index contributed by atoms with van der Waals surface area (Å²) < 4.78 is 0. The average molecular weight is 377 g/mol. The summed E-state index contributed by atoms with van der Waals surface area (Å²) in [6.45, 7) is 3.19. The van der Waals surface area contributed by atoms with Gasteiger partial charge >= 0.3 is 0 Å². The first-order valence-electron chi connectivity index (χ1n) is 9.28. The third-order valence-electron chi connectivity index (χ3n) is 5.35. The van der Waals surface area contributed by atoms with Gasteiger partial charge in [-0.2, -0.15) is 0 Å². The van der Waals surface area contributed by atoms with E-state index in [2.05, 4.69) is 20.1 Å². The number of aromatic hydroxyl groups is 1. The number of aryl methyl sites for hydroxylation is 1. The predicted octanol–water partition coefficient (Wildman–Crippen LogP) is 2.62. The van der Waals surface area contributed by atoms with Gasteiger partial charge in [0.05, 0.1) is 17.0 Å². The van der Waals surface area contributed by atoms with Gasteiger partial charge in [-0.1, -0.05) is 12.1 Å². The zero-order valence-electron chi connectivity index (χ0n) is 15.7. The topological polar surface area (TPSA) is 108 Å². The molecule has 0 unspecified atom stereocenters. The molecule has 1 aromatic carbocycles. The molecular weight excluding hydrogens is 354 g/mol. The molecule has 144 valence electrons. The van der Waals surface area contributed by atoms with Crippen LogP contribution in [0.4, 0.5) is 11.5 Å². The van der Waals surface area contributed by atoms with Crippen LogP contribution in [-0.2, 0) is 5.60 Å². The molecule has 1 aliphatic heterocycles. The number of rotatable bonds is 3. The molecule has 0 atom stereocenters. The molecule has 4 rings (SSSR count). The van der Waals surface area contributed by atoms with Crippen LogP contribution >= 0.6 is 0 Å². The monoisotopic (exact) mass is 377 g/mol. The lowest BCUT2D eigenvalue weighted by Crippen LogP contribution is -2.43. The van der Waals surface area contributed by atoms with Crippen molar-refractivity contribution < 1.29 is 10.2 Å². The van der Waals surface area contributed by atoms with E-state index < -0.39 is 5.60 Å². The van der Waals surface area contributed by atoms with E-state index in [1.54, 1.807) is 24.4 Å². The lowest BCUT2D eigenvalue weighted by atomic mass is 9.84. The highest BCUT2D eigenvalue weighted by molar-refractivity contribution is 5.74. The zero-order valence-corrected chi connectivity index (χ0v) is 15.7. The average Bonchev–Trinajstić information content (AvgIpc) is 2.70. The molecule has 0 amide bonds. The van der Waals surface area contributed by atoms with Crippen molar-refractivity contribution in [2.45, 2.75) is 25.4 Å². The van der Waals surface area contributed by atoms with Gasteiger partial charge in [0.15, 0.2) is 5.82 Å². The van der Waals surface area contributed by atoms with Crippen molar-refractivity contribution in [1.29, 1.82) is 0 Å². The first-order valence-corrected chi connectivity index (χ1v) is 9.28. The molecule has 0 saturated carbocycles. The van der Waals surface area contributed by atoms with Crippen molar-refractivity contribution in [3.63, 3.8) is 0 Å². The number of anilines is 2. The fourth-order valence-corrected chi connectivity index (χ4v) is 3.71. The Hall–Kier alpha value is -3.19. The van der Waals surface area contributed by atoms with Crippen molar-refractivity contribution >= 4 is 11.5 Å². The van der Waals surface area contributed by atoms with Crippen molar-refractivity contribution in [2.75, 3.05) is 23.7 Å². The molecule has 0 radical (unpaired) electrons. The molecule has 2 aromatic heterocycles. The van der Waals surface area contributed by atoms with Gasteiger partial charge in [-0.3, -0.25) is 4.98 Å². The van der Waals surface area contributed by atoms with Crippen LogP contribution in [-0.4, -0.2) is 38.5 Å². The molecule has 4 N–H and O–H groups in total. The molecule has 1 fully saturated rings. The summed E-state index contributed by atoms with van der Waals surface area (Å²) in [5.41, 5.74) is 8.94. The standard InChI is InChI=1S/C21H23N5O2/c1-14-12-15(6-9-23-14)21(28)7-10-26(11-8-21)18-13-17(24-25-20(18)22)16-4-2-3-5-19(16)27/h2-6,9,12-13,27-28H,7-8,10-11H2,1H3,(H2,22,25). The van der Waals surface area contributed by atoms with E-state index in [1.807, 2.05) is 31.2 Å². The number of piperidine rings is 1. The van der Waals surface area contributed by atoms with Crippen LogP contribution in [0.25, 0.3) is 11.3 Å². The second-order valence-corrected chi connectivity index (χ2v) is 7.22. The molecule has 7 nitrogen and oxygen atoms in total. The second-order valence-electron chi connectivity index (χ2n) is 7.22. The number of para-hydroxylation sites is 1. The molecule has 3 aromatic rings. The molecule has 0 aliphatic carbocycles. The number of pyridine rings is 1. The summed E-state index contributed by atoms with van der Waals surface area (Å²) in [5.74, 6) is 0.484. The highest BCUT2D eigenvalue weighted by atomic mass is 16.3. The van der Waals surface area contributed by atoms with Crippen molar-refractivity contribution in [2.24, 2.45) is 0 Å². The van der Waals surface area contributed by atoms with Crippen LogP contribution in [0.1, 0.15) is 24.1 Å². The number of phenolic OH excluding ortho intramolecular Hbond substituents is 1. The molecular formula is C21H23N5O2. The Kier molecular flexibility index (Phi) is 4.60. The minimum Gasteiger partial charge on any atom is -0.507 e. The maximum atomic E-state index is 11.1. The Morgan fingerprint density at radius 2 is 1.82 bits per heavy atom. The number of benzene rings is 1. The quantitative estimate of drug-likeness (QED) is 0.644. The summed E-state index contributed by atoms with van der Waals surface area (Å²) in [6.07, 6.45) is 2.88. The van der Waals surface area contributed by atoms with E-state index >= 15 is 0 Å². The summed E-state index contributed by atoms with van der Waals surface area (Å²) in [5, 5.41) is 29.4. The highest BCUT2D eigenvalue weighted by Gasteiger charge is 2.35. The molecule has 3 heterocycles. The van der Waals surface area contributed by atoms with E-state index in [-0.39, 0.29) is 5.75 Å². The summed E-state index contributed by atoms with van der Waals surface area (Å²) in [4.78, 5) is 6.32. The van der Waals surface area contributed by atoms with E-state index in [0.29, 0.717) is 43.0 Å². The minimum absolute atomic E-state index is 0.147. The van der Waals surface area contributed by atoms with Crippen LogP contribution in [0.3, 0.4) is 0 Å². The zero-order chi connectivity index (χ0) is 19.7. The van der Waals surface area contributed by atoms with Crippen LogP contribution in [0.5, 0.6) is 5.75 Å². The van der Waals surface area contributed by atoms with Gasteiger partial charge in [0.25, 0.3) is 0 Å². The number of nitrogen functional groups attached to an aromatic ring is 1. The fourth-order valence-electron chi connectivity index (χ4n) is 3.71. The van der Waals surface area contributed by atoms with Crippen LogP contribution in [0.15, 0.2) is 48.7 Å². The van der Waals surface area contributed by atoms with Gasteiger partial charge in [0.1, 0.15) is 5.75 Å². The van der Waals surface area contributed by atoms with Crippen LogP contribution in [0.2, 0.25) is 0 Å². The highest BCUT2D eigenvalue weighted by Crippen LogP contribution is 2.37. The maximum absolute atomic E-state index is 11.1. The summed E-state index contributed by atoms with van der Waals surface area (Å²) in [6, 6.07) is 12.7. The van der Waals surface area contributed by atoms with Crippen molar-refractivity contribution in [3.8, 4) is 17.0 Å². The SMILES string of the molecule is Cc1cc(C2(O)CCN(c3cc(-c4ccccc4O)nnc3N)CC2)ccn1. The Labute approximate surface area is 163 Å². The van der Waals surface area contributed by atoms with E-state index in [9.17, 15) is 10.2 Å². The van der Waals surface area contributed by atoms with Gasteiger partial charge in [-0.25, -0.2) is 0 Å². The molecule has 0 spiro atoms. The number of nitrogens with two attached hydrogens (primary N) is 1. The Bertz CT molecular complexity index is 1000. The normalized spacial score (nSPS) is 16.1. The number of aliphatic hydroxyl groups is 1. The number of nitrogens with zero attached hydrogens (tertiary/aromatic N) is 4. The minimum atomic E-state index is -0.875. The van der Waals surface area contributed by atoms with Gasteiger partial charge in [-0.15, -0.1) is 10.2 Å². The number of phenols is 1. The van der Waals surface area contributed by atoms with Crippen molar-refractivity contribution in [1.82, 2.24) is 15.2 Å². The smallest absolute Gasteiger partial charge is 0.169 e. The van der Waals surface area contributed by atoms with E-state index in [4.69, 9.17) is 5.73 Å². The summed E-state index contributed by atoms with van der Waals surface area (Å²) >= 11 is 0. The molecule has 1 aliphatic rings. The first kappa shape index (κ1) is 18.2. The van der Waals surface area contributed by atoms with Crippen LogP contribution in [0, 0.1) is 6.92 Å². The second kappa shape index (κ2) is 7.09. The third-order valence-corrected chi connectivity index (χ3v) is 5.35. The number of hydrogen-bond donors (Lipinski definition) is 3. The Morgan fingerprint density at radius 3 is 2.54 bits per heavy atom. The lowest BCUT2D eigenvalue weighted by Gasteiger charge is -2.39. The Morgan fingerprint density at radius 1 is 1.07 bits per heavy atom. The van der Waals surface area contributed by atoms with Gasteiger partial charge in [-0.05, 0) is 55.7 Å². The molecule has 0 bridgehead atoms. The van der Waals surface area contributed by atoms with Crippen LogP contribution < -0.4 is 10.6 Å². The number of hydrogen-bond acceptors (Lipinski definition) is 7. The van der Waals surface area contributed by atoms with E-state index in [1.165, 1.54) is 0 Å². The predicted molar refractivity (Wildman–Crippen MR) is 108 cm³/mol. The largest absolute Gasteiger partial charge is 0.507 e. The summed E-state index contributed by atoms with van der Waals surface area (Å²) in [7, 11) is 0. The third kappa shape index (κ3) is 3.36. The lowest BCUT2D eigenvalue weighted by molar-refractivity contribution is 0.0116. The van der Waals surface area contributed by atoms with Gasteiger partial charge in [0, 0.05) is 30.5 Å². The van der Waals surface area contributed by atoms with Crippen molar-refractivity contribution in [3.05, 3.63) is 59.9 Å². The molecule has 1 saturated heterocycles. The fraction of sp³-hybridized carbons (Fsp3) is 0.286. The number of aromatic nitrogens is 3. The van der Waals surface area contributed by atoms with E-state index in [0.717, 1.165) is 16.9 Å². The van der Waals surface area contributed by atoms with Gasteiger partial charge < -0.3 is 20.8 Å². The maximum Gasteiger partial charge on any atom is 0.169 e.